The number of aromatic nitrogens is 4. The first-order valence-electron chi connectivity index (χ1n) is 13.5. The smallest absolute Gasteiger partial charge is 0.332 e. The second-order valence-corrected chi connectivity index (χ2v) is 11.8. The Kier molecular flexibility index (Phi) is 10.2. The highest BCUT2D eigenvalue weighted by Crippen LogP contribution is 2.18. The van der Waals surface area contributed by atoms with Crippen LogP contribution < -0.4 is 16.0 Å². The second kappa shape index (κ2) is 13.6. The van der Waals surface area contributed by atoms with Crippen molar-refractivity contribution in [3.8, 4) is 5.75 Å². The van der Waals surface area contributed by atoms with E-state index in [4.69, 9.17) is 4.74 Å². The van der Waals surface area contributed by atoms with E-state index in [9.17, 15) is 19.2 Å². The Hall–Kier alpha value is -2.64. The maximum Gasteiger partial charge on any atom is 0.332 e. The molecule has 1 aromatic carbocycles. The van der Waals surface area contributed by atoms with Gasteiger partial charge in [-0.2, -0.15) is 0 Å². The van der Waals surface area contributed by atoms with Crippen molar-refractivity contribution in [1.82, 2.24) is 28.5 Å². The zero-order valence-electron chi connectivity index (χ0n) is 23.1. The van der Waals surface area contributed by atoms with Crippen molar-refractivity contribution in [3.05, 3.63) is 51.4 Å². The van der Waals surface area contributed by atoms with E-state index in [1.165, 1.54) is 10.9 Å². The molecule has 3 aromatic rings. The first-order valence-corrected chi connectivity index (χ1v) is 14.9. The van der Waals surface area contributed by atoms with E-state index >= 15 is 0 Å². The fourth-order valence-corrected chi connectivity index (χ4v) is 6.23. The molecule has 3 heterocycles. The number of aliphatic hydroxyl groups excluding tert-OH is 1. The third-order valence-electron chi connectivity index (χ3n) is 7.40. The van der Waals surface area contributed by atoms with Crippen LogP contribution in [-0.4, -0.2) is 96.4 Å². The zero-order valence-corrected chi connectivity index (χ0v) is 23.9. The minimum absolute atomic E-state index is 0.0455. The van der Waals surface area contributed by atoms with Crippen LogP contribution in [0.1, 0.15) is 25.7 Å². The number of hydrogen-bond donors (Lipinski definition) is 1. The maximum absolute atomic E-state index is 12.9. The van der Waals surface area contributed by atoms with Gasteiger partial charge in [0.1, 0.15) is 11.5 Å². The molecule has 214 valence electrons. The number of nitrogens with zero attached hydrogens (tertiary/aromatic N) is 6. The average molecular weight is 561 g/mol. The quantitative estimate of drug-likeness (QED) is 0.241. The van der Waals surface area contributed by atoms with Crippen LogP contribution in [0.5, 0.6) is 5.75 Å². The SMILES string of the molecule is COc1ccc([S+]([O-])CCCCCCN2CCN(CC(O)Cn3c(=O)c4c(ncn4C)n(C)c3=O)CC2)cc1. The van der Waals surface area contributed by atoms with Crippen molar-refractivity contribution in [3.63, 3.8) is 0 Å². The van der Waals surface area contributed by atoms with Crippen molar-refractivity contribution >= 4 is 22.3 Å². The number of ether oxygens (including phenoxy) is 1. The van der Waals surface area contributed by atoms with E-state index in [0.29, 0.717) is 23.5 Å². The summed E-state index contributed by atoms with van der Waals surface area (Å²) < 4.78 is 21.6. The molecule has 2 aromatic heterocycles. The van der Waals surface area contributed by atoms with Crippen molar-refractivity contribution in [1.29, 1.82) is 0 Å². The molecule has 0 amide bonds. The van der Waals surface area contributed by atoms with Gasteiger partial charge in [-0.15, -0.1) is 0 Å². The topological polar surface area (TPSA) is 121 Å². The Morgan fingerprint density at radius 1 is 1.00 bits per heavy atom. The van der Waals surface area contributed by atoms with Gasteiger partial charge in [-0.25, -0.2) is 9.78 Å². The van der Waals surface area contributed by atoms with E-state index in [-0.39, 0.29) is 6.54 Å². The minimum atomic E-state index is -0.968. The molecule has 1 N–H and O–H groups in total. The highest BCUT2D eigenvalue weighted by Gasteiger charge is 2.22. The molecule has 2 unspecified atom stereocenters. The van der Waals surface area contributed by atoms with Gasteiger partial charge in [0, 0.05) is 46.8 Å². The summed E-state index contributed by atoms with van der Waals surface area (Å²) in [6.45, 7) is 4.94. The summed E-state index contributed by atoms with van der Waals surface area (Å²) in [5, 5.41) is 10.7. The van der Waals surface area contributed by atoms with Crippen LogP contribution in [0.25, 0.3) is 11.2 Å². The highest BCUT2D eigenvalue weighted by molar-refractivity contribution is 7.91. The number of piperazine rings is 1. The molecule has 0 aliphatic carbocycles. The van der Waals surface area contributed by atoms with Crippen LogP contribution in [0.3, 0.4) is 0 Å². The molecule has 0 saturated carbocycles. The predicted molar refractivity (Wildman–Crippen MR) is 152 cm³/mol. The second-order valence-electron chi connectivity index (χ2n) is 10.2. The van der Waals surface area contributed by atoms with E-state index in [1.54, 1.807) is 25.8 Å². The lowest BCUT2D eigenvalue weighted by atomic mass is 10.2. The van der Waals surface area contributed by atoms with Crippen molar-refractivity contribution < 1.29 is 14.4 Å². The summed E-state index contributed by atoms with van der Waals surface area (Å²) in [6.07, 6.45) is 4.93. The molecule has 39 heavy (non-hydrogen) atoms. The highest BCUT2D eigenvalue weighted by atomic mass is 32.2. The third-order valence-corrected chi connectivity index (χ3v) is 8.86. The average Bonchev–Trinajstić information content (AvgIpc) is 3.34. The van der Waals surface area contributed by atoms with Gasteiger partial charge >= 0.3 is 5.69 Å². The molecule has 1 saturated heterocycles. The molecule has 12 heteroatoms. The molecular weight excluding hydrogens is 520 g/mol. The summed E-state index contributed by atoms with van der Waals surface area (Å²) in [5.41, 5.74) is -0.202. The maximum atomic E-state index is 12.9. The third kappa shape index (κ3) is 7.31. The van der Waals surface area contributed by atoms with Crippen molar-refractivity contribution in [2.75, 3.05) is 52.1 Å². The minimum Gasteiger partial charge on any atom is -0.611 e. The van der Waals surface area contributed by atoms with Crippen LogP contribution in [-0.2, 0) is 31.8 Å². The molecule has 0 bridgehead atoms. The Morgan fingerprint density at radius 2 is 1.67 bits per heavy atom. The van der Waals surface area contributed by atoms with Crippen LogP contribution in [0.15, 0.2) is 45.1 Å². The summed E-state index contributed by atoms with van der Waals surface area (Å²) in [4.78, 5) is 35.2. The fraction of sp³-hybridized carbons (Fsp3) is 0.593. The molecule has 2 atom stereocenters. The number of rotatable bonds is 13. The predicted octanol–water partition coefficient (Wildman–Crippen LogP) is 0.789. The Bertz CT molecular complexity index is 1330. The molecule has 11 nitrogen and oxygen atoms in total. The van der Waals surface area contributed by atoms with Gasteiger partial charge in [0.05, 0.1) is 26.1 Å². The monoisotopic (exact) mass is 560 g/mol. The molecule has 0 spiro atoms. The van der Waals surface area contributed by atoms with Gasteiger partial charge in [-0.05, 0) is 61.2 Å². The van der Waals surface area contributed by atoms with Crippen LogP contribution in [0.4, 0.5) is 0 Å². The Labute approximate surface area is 231 Å². The van der Waals surface area contributed by atoms with Crippen molar-refractivity contribution in [2.24, 2.45) is 14.1 Å². The van der Waals surface area contributed by atoms with E-state index in [0.717, 1.165) is 73.6 Å². The van der Waals surface area contributed by atoms with Crippen molar-refractivity contribution in [2.45, 2.75) is 43.2 Å². The van der Waals surface area contributed by atoms with Gasteiger partial charge in [-0.3, -0.25) is 18.8 Å². The lowest BCUT2D eigenvalue weighted by Crippen LogP contribution is -2.50. The lowest BCUT2D eigenvalue weighted by Gasteiger charge is -2.35. The number of fused-ring (bicyclic) bond motifs is 1. The number of aryl methyl sites for hydroxylation is 2. The number of β-amino-alcohol motifs (C(OH)–C–C–N with tert-alkyl or cyclic N) is 1. The van der Waals surface area contributed by atoms with Gasteiger partial charge in [0.25, 0.3) is 5.56 Å². The van der Waals surface area contributed by atoms with Gasteiger partial charge < -0.3 is 23.9 Å². The van der Waals surface area contributed by atoms with Crippen LogP contribution in [0, 0.1) is 0 Å². The normalized spacial score (nSPS) is 16.5. The Balaban J connectivity index is 1.13. The lowest BCUT2D eigenvalue weighted by molar-refractivity contribution is 0.0626. The van der Waals surface area contributed by atoms with Gasteiger partial charge in [0.15, 0.2) is 16.1 Å². The standard InChI is InChI=1S/C27H40N6O5S/c1-29-20-28-25-24(29)26(35)33(27(36)30(25)2)19-21(34)18-32-15-13-31(14-16-32)12-6-4-5-7-17-39(37)23-10-8-22(38-3)9-11-23/h8-11,20-21,34H,4-7,12-19H2,1-3H3. The number of benzene rings is 1. The number of methoxy groups -OCH3 is 1. The molecule has 4 rings (SSSR count). The molecule has 1 aliphatic rings. The summed E-state index contributed by atoms with van der Waals surface area (Å²) >= 11 is -0.968. The number of aliphatic hydroxyl groups is 1. The zero-order chi connectivity index (χ0) is 27.9. The van der Waals surface area contributed by atoms with E-state index in [2.05, 4.69) is 14.8 Å². The van der Waals surface area contributed by atoms with Gasteiger partial charge in [0.2, 0.25) is 0 Å². The molecule has 1 fully saturated rings. The van der Waals surface area contributed by atoms with Crippen LogP contribution in [0.2, 0.25) is 0 Å². The molecule has 1 aliphatic heterocycles. The molecular formula is C27H40N6O5S. The Morgan fingerprint density at radius 3 is 2.36 bits per heavy atom. The fourth-order valence-electron chi connectivity index (χ4n) is 5.09. The van der Waals surface area contributed by atoms with E-state index in [1.807, 2.05) is 24.3 Å². The first-order chi connectivity index (χ1) is 18.8. The number of unbranched alkanes of at least 4 members (excludes halogenated alkanes) is 3. The van der Waals surface area contributed by atoms with Gasteiger partial charge in [-0.1, -0.05) is 6.42 Å². The van der Waals surface area contributed by atoms with E-state index < -0.39 is 28.5 Å². The largest absolute Gasteiger partial charge is 0.611 e. The number of hydrogen-bond acceptors (Lipinski definition) is 8. The first kappa shape index (κ1) is 29.3. The number of imidazole rings is 1. The van der Waals surface area contributed by atoms with Crippen LogP contribution >= 0.6 is 0 Å². The molecule has 0 radical (unpaired) electrons. The summed E-state index contributed by atoms with van der Waals surface area (Å²) in [7, 11) is 4.93. The summed E-state index contributed by atoms with van der Waals surface area (Å²) in [5.74, 6) is 1.46. The summed E-state index contributed by atoms with van der Waals surface area (Å²) in [6, 6.07) is 7.44.